The Kier molecular flexibility index (Phi) is 5.74. The normalized spacial score (nSPS) is 14.3. The van der Waals surface area contributed by atoms with Crippen molar-refractivity contribution in [2.75, 3.05) is 20.3 Å². The van der Waals surface area contributed by atoms with Gasteiger partial charge in [0.05, 0.1) is 18.4 Å². The molecular weight excluding hydrogens is 436 g/mol. The first-order valence-electron chi connectivity index (χ1n) is 10.7. The summed E-state index contributed by atoms with van der Waals surface area (Å²) in [6, 6.07) is 23.1. The van der Waals surface area contributed by atoms with E-state index in [1.165, 1.54) is 4.31 Å². The van der Waals surface area contributed by atoms with Gasteiger partial charge in [-0.1, -0.05) is 48.5 Å². The van der Waals surface area contributed by atoms with Crippen LogP contribution in [-0.2, 0) is 22.3 Å². The lowest BCUT2D eigenvalue weighted by molar-refractivity contribution is 0.279. The van der Waals surface area contributed by atoms with Crippen molar-refractivity contribution < 1.29 is 17.9 Å². The molecule has 5 rings (SSSR count). The van der Waals surface area contributed by atoms with E-state index in [2.05, 4.69) is 11.1 Å². The van der Waals surface area contributed by atoms with Crippen LogP contribution >= 0.6 is 0 Å². The van der Waals surface area contributed by atoms with E-state index >= 15 is 0 Å². The fraction of sp³-hybridized carbons (Fsp3) is 0.192. The van der Waals surface area contributed by atoms with Crippen LogP contribution in [0.4, 0.5) is 0 Å². The van der Waals surface area contributed by atoms with E-state index < -0.39 is 10.0 Å². The molecule has 0 fully saturated rings. The maximum absolute atomic E-state index is 13.2. The summed E-state index contributed by atoms with van der Waals surface area (Å²) in [6.07, 6.45) is 1.82. The molecule has 0 aliphatic carbocycles. The average molecular weight is 461 g/mol. The average Bonchev–Trinajstić information content (AvgIpc) is 3.07. The third-order valence-corrected chi connectivity index (χ3v) is 7.59. The third-order valence-electron chi connectivity index (χ3n) is 5.79. The predicted octanol–water partition coefficient (Wildman–Crippen LogP) is 4.63. The summed E-state index contributed by atoms with van der Waals surface area (Å²) >= 11 is 0. The number of pyridine rings is 1. The van der Waals surface area contributed by atoms with Gasteiger partial charge in [0.1, 0.15) is 6.61 Å². The minimum atomic E-state index is -3.53. The molecule has 0 saturated carbocycles. The first kappa shape index (κ1) is 21.4. The van der Waals surface area contributed by atoms with E-state index in [0.717, 1.165) is 33.2 Å². The highest BCUT2D eigenvalue weighted by Crippen LogP contribution is 2.39. The van der Waals surface area contributed by atoms with Crippen LogP contribution in [0.1, 0.15) is 11.1 Å². The van der Waals surface area contributed by atoms with Gasteiger partial charge in [0, 0.05) is 35.8 Å². The largest absolute Gasteiger partial charge is 0.493 e. The summed E-state index contributed by atoms with van der Waals surface area (Å²) in [5, 5.41) is 1.03. The fourth-order valence-corrected chi connectivity index (χ4v) is 5.61. The molecule has 0 N–H and O–H groups in total. The zero-order valence-electron chi connectivity index (χ0n) is 18.3. The van der Waals surface area contributed by atoms with Crippen LogP contribution in [0.5, 0.6) is 11.5 Å². The summed E-state index contributed by atoms with van der Waals surface area (Å²) in [5.41, 5.74) is 4.28. The first-order chi connectivity index (χ1) is 16.0. The van der Waals surface area contributed by atoms with E-state index in [-0.39, 0.29) is 25.4 Å². The highest BCUT2D eigenvalue weighted by atomic mass is 32.2. The molecule has 33 heavy (non-hydrogen) atoms. The van der Waals surface area contributed by atoms with Gasteiger partial charge in [-0.3, -0.25) is 4.98 Å². The molecule has 0 unspecified atom stereocenters. The molecule has 0 bridgehead atoms. The van der Waals surface area contributed by atoms with Crippen LogP contribution in [0, 0.1) is 0 Å². The Morgan fingerprint density at radius 3 is 2.61 bits per heavy atom. The van der Waals surface area contributed by atoms with Gasteiger partial charge in [-0.2, -0.15) is 4.31 Å². The number of methoxy groups -OCH3 is 1. The molecule has 2 heterocycles. The Balaban J connectivity index is 1.52. The number of benzene rings is 3. The lowest BCUT2D eigenvalue weighted by Gasteiger charge is -2.20. The van der Waals surface area contributed by atoms with Gasteiger partial charge in [-0.15, -0.1) is 0 Å². The van der Waals surface area contributed by atoms with Gasteiger partial charge < -0.3 is 9.47 Å². The molecule has 1 aliphatic rings. The lowest BCUT2D eigenvalue weighted by Crippen LogP contribution is -2.33. The van der Waals surface area contributed by atoms with Gasteiger partial charge in [0.2, 0.25) is 10.0 Å². The standard InChI is InChI=1S/C26H24N2O4S/c1-31-25-15-21(22-13-20-9-5-6-10-24(20)27-16-22)14-23-17-28(11-12-32-26(23)25)33(29,30)18-19-7-3-2-4-8-19/h2-10,13-16H,11-12,17-18H2,1H3. The number of fused-ring (bicyclic) bond motifs is 2. The molecule has 0 radical (unpaired) electrons. The predicted molar refractivity (Wildman–Crippen MR) is 129 cm³/mol. The number of rotatable bonds is 5. The van der Waals surface area contributed by atoms with E-state index in [0.29, 0.717) is 11.5 Å². The van der Waals surface area contributed by atoms with Crippen LogP contribution in [-0.4, -0.2) is 38.0 Å². The molecule has 1 aromatic heterocycles. The quantitative estimate of drug-likeness (QED) is 0.434. The van der Waals surface area contributed by atoms with Crippen molar-refractivity contribution in [3.05, 3.63) is 90.1 Å². The van der Waals surface area contributed by atoms with Crippen molar-refractivity contribution in [2.45, 2.75) is 12.3 Å². The van der Waals surface area contributed by atoms with Gasteiger partial charge in [0.25, 0.3) is 0 Å². The van der Waals surface area contributed by atoms with Crippen molar-refractivity contribution in [1.82, 2.24) is 9.29 Å². The molecule has 3 aromatic carbocycles. The van der Waals surface area contributed by atoms with E-state index in [1.807, 2.05) is 72.9 Å². The number of hydrogen-bond donors (Lipinski definition) is 0. The Bertz CT molecular complexity index is 1400. The van der Waals surface area contributed by atoms with Crippen molar-refractivity contribution in [2.24, 2.45) is 0 Å². The SMILES string of the molecule is COc1cc(-c2cnc3ccccc3c2)cc2c1OCCN(S(=O)(=O)Cc1ccccc1)C2. The second-order valence-electron chi connectivity index (χ2n) is 8.01. The maximum atomic E-state index is 13.2. The molecule has 4 aromatic rings. The molecule has 0 amide bonds. The highest BCUT2D eigenvalue weighted by molar-refractivity contribution is 7.88. The Morgan fingerprint density at radius 1 is 1.00 bits per heavy atom. The van der Waals surface area contributed by atoms with Gasteiger partial charge >= 0.3 is 0 Å². The number of sulfonamides is 1. The van der Waals surface area contributed by atoms with Gasteiger partial charge in [-0.25, -0.2) is 8.42 Å². The van der Waals surface area contributed by atoms with Crippen molar-refractivity contribution >= 4 is 20.9 Å². The Labute approximate surface area is 193 Å². The minimum Gasteiger partial charge on any atom is -0.493 e. The monoisotopic (exact) mass is 460 g/mol. The second kappa shape index (κ2) is 8.84. The molecule has 0 spiro atoms. The molecule has 0 saturated heterocycles. The summed E-state index contributed by atoms with van der Waals surface area (Å²) in [6.45, 7) is 0.754. The smallest absolute Gasteiger partial charge is 0.218 e. The number of aromatic nitrogens is 1. The number of ether oxygens (including phenoxy) is 2. The summed E-state index contributed by atoms with van der Waals surface area (Å²) in [4.78, 5) is 4.57. The topological polar surface area (TPSA) is 68.7 Å². The van der Waals surface area contributed by atoms with Crippen LogP contribution in [0.25, 0.3) is 22.0 Å². The molecule has 7 heteroatoms. The summed E-state index contributed by atoms with van der Waals surface area (Å²) in [7, 11) is -1.93. The first-order valence-corrected chi connectivity index (χ1v) is 12.3. The zero-order valence-corrected chi connectivity index (χ0v) is 19.1. The highest BCUT2D eigenvalue weighted by Gasteiger charge is 2.28. The molecule has 168 valence electrons. The number of nitrogens with zero attached hydrogens (tertiary/aromatic N) is 2. The van der Waals surface area contributed by atoms with E-state index in [1.54, 1.807) is 7.11 Å². The van der Waals surface area contributed by atoms with Crippen molar-refractivity contribution in [3.8, 4) is 22.6 Å². The maximum Gasteiger partial charge on any atom is 0.218 e. The van der Waals surface area contributed by atoms with Crippen LogP contribution < -0.4 is 9.47 Å². The lowest BCUT2D eigenvalue weighted by atomic mass is 10.0. The van der Waals surface area contributed by atoms with Crippen LogP contribution in [0.3, 0.4) is 0 Å². The zero-order chi connectivity index (χ0) is 22.8. The van der Waals surface area contributed by atoms with Crippen molar-refractivity contribution in [3.63, 3.8) is 0 Å². The third kappa shape index (κ3) is 4.42. The van der Waals surface area contributed by atoms with Gasteiger partial charge in [-0.05, 0) is 35.4 Å². The van der Waals surface area contributed by atoms with E-state index in [9.17, 15) is 8.42 Å². The summed E-state index contributed by atoms with van der Waals surface area (Å²) in [5.74, 6) is 1.12. The Hall–Kier alpha value is -3.42. The molecular formula is C26H24N2O4S. The van der Waals surface area contributed by atoms with E-state index in [4.69, 9.17) is 9.47 Å². The molecule has 0 atom stereocenters. The fourth-order valence-electron chi connectivity index (χ4n) is 4.12. The van der Waals surface area contributed by atoms with Gasteiger partial charge in [0.15, 0.2) is 11.5 Å². The number of para-hydroxylation sites is 1. The molecule has 1 aliphatic heterocycles. The summed E-state index contributed by atoms with van der Waals surface area (Å²) < 4.78 is 39.5. The van der Waals surface area contributed by atoms with Crippen LogP contribution in [0.2, 0.25) is 0 Å². The van der Waals surface area contributed by atoms with Crippen LogP contribution in [0.15, 0.2) is 79.0 Å². The van der Waals surface area contributed by atoms with Crippen molar-refractivity contribution in [1.29, 1.82) is 0 Å². The minimum absolute atomic E-state index is 0.0470. The molecule has 6 nitrogen and oxygen atoms in total. The Morgan fingerprint density at radius 2 is 1.79 bits per heavy atom. The second-order valence-corrected chi connectivity index (χ2v) is 9.98. The number of hydrogen-bond acceptors (Lipinski definition) is 5.